The normalized spacial score (nSPS) is 20.8. The number of nitrogens with zero attached hydrogens (tertiary/aromatic N) is 4. The van der Waals surface area contributed by atoms with Crippen molar-refractivity contribution in [2.75, 3.05) is 13.1 Å². The molecule has 7 heteroatoms. The van der Waals surface area contributed by atoms with Gasteiger partial charge in [0.15, 0.2) is 5.82 Å². The molecule has 4 rings (SSSR count). The summed E-state index contributed by atoms with van der Waals surface area (Å²) in [6.45, 7) is 1.46. The van der Waals surface area contributed by atoms with E-state index in [0.29, 0.717) is 18.1 Å². The first-order valence-electron chi connectivity index (χ1n) is 8.37. The topological polar surface area (TPSA) is 91.8 Å². The van der Waals surface area contributed by atoms with Crippen molar-refractivity contribution < 1.29 is 4.79 Å². The molecule has 2 aromatic heterocycles. The molecule has 0 spiro atoms. The van der Waals surface area contributed by atoms with E-state index in [1.165, 1.54) is 6.07 Å². The van der Waals surface area contributed by atoms with Gasteiger partial charge in [-0.05, 0) is 25.7 Å². The molecule has 24 heavy (non-hydrogen) atoms. The van der Waals surface area contributed by atoms with Gasteiger partial charge < -0.3 is 9.88 Å². The molecule has 1 saturated heterocycles. The number of aromatic nitrogens is 4. The van der Waals surface area contributed by atoms with Crippen LogP contribution in [0.2, 0.25) is 0 Å². The van der Waals surface area contributed by atoms with Crippen LogP contribution in [-0.2, 0) is 4.79 Å². The summed E-state index contributed by atoms with van der Waals surface area (Å²) in [5.74, 6) is 1.01. The average molecular weight is 325 g/mol. The van der Waals surface area contributed by atoms with E-state index in [2.05, 4.69) is 19.9 Å². The Morgan fingerprint density at radius 3 is 2.88 bits per heavy atom. The Morgan fingerprint density at radius 2 is 2.12 bits per heavy atom. The Kier molecular flexibility index (Phi) is 3.84. The van der Waals surface area contributed by atoms with Crippen LogP contribution in [0.15, 0.2) is 29.5 Å². The highest BCUT2D eigenvalue weighted by atomic mass is 16.2. The van der Waals surface area contributed by atoms with Crippen molar-refractivity contribution >= 4 is 5.91 Å². The second-order valence-electron chi connectivity index (χ2n) is 6.51. The van der Waals surface area contributed by atoms with Gasteiger partial charge in [-0.3, -0.25) is 14.6 Å². The minimum atomic E-state index is -0.203. The van der Waals surface area contributed by atoms with Crippen LogP contribution in [0.3, 0.4) is 0 Å². The number of H-pyrrole nitrogens is 1. The first-order valence-corrected chi connectivity index (χ1v) is 8.37. The van der Waals surface area contributed by atoms with Crippen molar-refractivity contribution in [3.05, 3.63) is 40.7 Å². The van der Waals surface area contributed by atoms with Gasteiger partial charge >= 0.3 is 0 Å². The number of carbonyl (C=O) groups is 1. The van der Waals surface area contributed by atoms with Gasteiger partial charge in [-0.25, -0.2) is 9.97 Å². The third-order valence-electron chi connectivity index (χ3n) is 4.65. The minimum Gasteiger partial charge on any atom is -0.342 e. The molecular weight excluding hydrogens is 306 g/mol. The van der Waals surface area contributed by atoms with Gasteiger partial charge in [-0.2, -0.15) is 0 Å². The standard InChI is InChI=1S/C17H19N5O2/c23-15-8-13(20-16(21-15)14-9-18-5-6-19-14)12-2-1-7-22(10-12)17(24)11-3-4-11/h5-6,8-9,11-12H,1-4,7,10H2,(H,20,21,23). The number of amides is 1. The van der Waals surface area contributed by atoms with Gasteiger partial charge in [0.2, 0.25) is 5.91 Å². The molecule has 2 fully saturated rings. The Morgan fingerprint density at radius 1 is 1.25 bits per heavy atom. The molecule has 1 unspecified atom stereocenters. The van der Waals surface area contributed by atoms with E-state index in [0.717, 1.165) is 37.9 Å². The molecule has 1 saturated carbocycles. The van der Waals surface area contributed by atoms with E-state index in [1.807, 2.05) is 4.90 Å². The Bertz CT molecular complexity index is 800. The van der Waals surface area contributed by atoms with Crippen LogP contribution in [0.25, 0.3) is 11.5 Å². The highest BCUT2D eigenvalue weighted by molar-refractivity contribution is 5.81. The highest BCUT2D eigenvalue weighted by Gasteiger charge is 2.35. The van der Waals surface area contributed by atoms with Gasteiger partial charge in [-0.1, -0.05) is 0 Å². The molecule has 2 aromatic rings. The van der Waals surface area contributed by atoms with Crippen molar-refractivity contribution in [1.29, 1.82) is 0 Å². The summed E-state index contributed by atoms with van der Waals surface area (Å²) in [5, 5.41) is 0. The number of hydrogen-bond acceptors (Lipinski definition) is 5. The molecular formula is C17H19N5O2. The van der Waals surface area contributed by atoms with E-state index >= 15 is 0 Å². The highest BCUT2D eigenvalue weighted by Crippen LogP contribution is 2.34. The predicted octanol–water partition coefficient (Wildman–Crippen LogP) is 1.34. The lowest BCUT2D eigenvalue weighted by atomic mass is 9.94. The van der Waals surface area contributed by atoms with E-state index in [1.54, 1.807) is 18.6 Å². The molecule has 1 atom stereocenters. The fourth-order valence-electron chi connectivity index (χ4n) is 3.24. The molecule has 124 valence electrons. The maximum Gasteiger partial charge on any atom is 0.251 e. The average Bonchev–Trinajstić information content (AvgIpc) is 3.46. The van der Waals surface area contributed by atoms with Gasteiger partial charge in [0.1, 0.15) is 5.69 Å². The van der Waals surface area contributed by atoms with Crippen LogP contribution in [0, 0.1) is 5.92 Å². The van der Waals surface area contributed by atoms with Crippen LogP contribution in [-0.4, -0.2) is 43.8 Å². The van der Waals surface area contributed by atoms with Crippen LogP contribution < -0.4 is 5.56 Å². The van der Waals surface area contributed by atoms with E-state index in [-0.39, 0.29) is 23.3 Å². The lowest BCUT2D eigenvalue weighted by Gasteiger charge is -2.32. The molecule has 1 N–H and O–H groups in total. The van der Waals surface area contributed by atoms with E-state index in [4.69, 9.17) is 0 Å². The van der Waals surface area contributed by atoms with Crippen LogP contribution >= 0.6 is 0 Å². The van der Waals surface area contributed by atoms with E-state index < -0.39 is 0 Å². The van der Waals surface area contributed by atoms with Gasteiger partial charge in [0.05, 0.1) is 11.9 Å². The summed E-state index contributed by atoms with van der Waals surface area (Å²) in [5.41, 5.74) is 1.07. The first kappa shape index (κ1) is 15.0. The molecule has 1 amide bonds. The maximum absolute atomic E-state index is 12.3. The number of nitrogens with one attached hydrogen (secondary N) is 1. The maximum atomic E-state index is 12.3. The quantitative estimate of drug-likeness (QED) is 0.919. The zero-order chi connectivity index (χ0) is 16.5. The number of hydrogen-bond donors (Lipinski definition) is 1. The Labute approximate surface area is 139 Å². The van der Waals surface area contributed by atoms with Crippen molar-refractivity contribution in [3.63, 3.8) is 0 Å². The molecule has 2 aliphatic rings. The molecule has 0 bridgehead atoms. The summed E-state index contributed by atoms with van der Waals surface area (Å²) in [7, 11) is 0. The van der Waals surface area contributed by atoms with Crippen molar-refractivity contribution in [2.24, 2.45) is 5.92 Å². The third-order valence-corrected chi connectivity index (χ3v) is 4.65. The van der Waals surface area contributed by atoms with Crippen molar-refractivity contribution in [1.82, 2.24) is 24.8 Å². The molecule has 0 radical (unpaired) electrons. The number of likely N-dealkylation sites (tertiary alicyclic amines) is 1. The number of aromatic amines is 1. The number of rotatable bonds is 3. The van der Waals surface area contributed by atoms with Crippen molar-refractivity contribution in [3.8, 4) is 11.5 Å². The van der Waals surface area contributed by atoms with Crippen LogP contribution in [0.4, 0.5) is 0 Å². The second-order valence-corrected chi connectivity index (χ2v) is 6.51. The first-order chi connectivity index (χ1) is 11.7. The number of carbonyl (C=O) groups excluding carboxylic acids is 1. The molecule has 1 aliphatic heterocycles. The number of piperidine rings is 1. The predicted molar refractivity (Wildman–Crippen MR) is 87.2 cm³/mol. The Balaban J connectivity index is 1.60. The molecule has 3 heterocycles. The molecule has 1 aliphatic carbocycles. The summed E-state index contributed by atoms with van der Waals surface area (Å²) < 4.78 is 0. The summed E-state index contributed by atoms with van der Waals surface area (Å²) in [6, 6.07) is 1.54. The van der Waals surface area contributed by atoms with Gasteiger partial charge in [-0.15, -0.1) is 0 Å². The summed E-state index contributed by atoms with van der Waals surface area (Å²) in [6.07, 6.45) is 8.63. The smallest absolute Gasteiger partial charge is 0.251 e. The zero-order valence-electron chi connectivity index (χ0n) is 13.3. The van der Waals surface area contributed by atoms with Crippen molar-refractivity contribution in [2.45, 2.75) is 31.6 Å². The Hall–Kier alpha value is -2.57. The van der Waals surface area contributed by atoms with Gasteiger partial charge in [0, 0.05) is 43.4 Å². The SMILES string of the molecule is O=C(C1CC1)N1CCCC(c2cc(=O)[nH]c(-c3cnccn3)n2)C1. The van der Waals surface area contributed by atoms with Crippen LogP contribution in [0.5, 0.6) is 0 Å². The monoisotopic (exact) mass is 325 g/mol. The van der Waals surface area contributed by atoms with Gasteiger partial charge in [0.25, 0.3) is 5.56 Å². The van der Waals surface area contributed by atoms with Crippen LogP contribution in [0.1, 0.15) is 37.3 Å². The third kappa shape index (κ3) is 3.06. The second kappa shape index (κ2) is 6.14. The lowest BCUT2D eigenvalue weighted by molar-refractivity contribution is -0.133. The lowest BCUT2D eigenvalue weighted by Crippen LogP contribution is -2.40. The minimum absolute atomic E-state index is 0.0965. The molecule has 7 nitrogen and oxygen atoms in total. The van der Waals surface area contributed by atoms with E-state index in [9.17, 15) is 9.59 Å². The zero-order valence-corrected chi connectivity index (χ0v) is 13.3. The summed E-state index contributed by atoms with van der Waals surface area (Å²) >= 11 is 0. The summed E-state index contributed by atoms with van der Waals surface area (Å²) in [4.78, 5) is 41.8. The fourth-order valence-corrected chi connectivity index (χ4v) is 3.24. The fraction of sp³-hybridized carbons (Fsp3) is 0.471. The molecule has 0 aromatic carbocycles. The largest absolute Gasteiger partial charge is 0.342 e.